The molecule has 0 spiro atoms. The number of carbonyl (C=O) groups is 1. The Morgan fingerprint density at radius 3 is 2.73 bits per heavy atom. The lowest BCUT2D eigenvalue weighted by molar-refractivity contribution is -0.921. The van der Waals surface area contributed by atoms with Crippen molar-refractivity contribution < 1.29 is 19.4 Å². The molecule has 0 amide bonds. The number of rotatable bonds is 3. The number of non-ortho nitro benzene ring substituents is 1. The van der Waals surface area contributed by atoms with Gasteiger partial charge in [-0.3, -0.25) is 19.5 Å². The first-order valence-corrected chi connectivity index (χ1v) is 7.27. The van der Waals surface area contributed by atoms with Gasteiger partial charge in [-0.2, -0.15) is 0 Å². The van der Waals surface area contributed by atoms with Crippen LogP contribution in [0, 0.1) is 10.1 Å². The van der Waals surface area contributed by atoms with Crippen LogP contribution in [0.15, 0.2) is 24.3 Å². The first-order valence-electron chi connectivity index (χ1n) is 7.27. The van der Waals surface area contributed by atoms with Gasteiger partial charge in [0, 0.05) is 24.4 Å². The van der Waals surface area contributed by atoms with Crippen molar-refractivity contribution in [3.05, 3.63) is 40.1 Å². The van der Waals surface area contributed by atoms with Crippen LogP contribution in [-0.4, -0.2) is 41.7 Å². The molecule has 7 nitrogen and oxygen atoms in total. The number of nitro groups is 1. The molecule has 1 aromatic carbocycles. The van der Waals surface area contributed by atoms with Gasteiger partial charge in [0.1, 0.15) is 19.6 Å². The Labute approximate surface area is 127 Å². The van der Waals surface area contributed by atoms with Crippen LogP contribution in [0.4, 0.5) is 5.69 Å². The van der Waals surface area contributed by atoms with E-state index < -0.39 is 4.92 Å². The summed E-state index contributed by atoms with van der Waals surface area (Å²) in [6, 6.07) is 6.49. The number of quaternary nitrogens is 1. The SMILES string of the molecule is CC(=O)n1c(C[NH+]2CCOCC2)cc2cc([N+](=O)[O-])ccc21. The van der Waals surface area contributed by atoms with Crippen molar-refractivity contribution in [2.24, 2.45) is 0 Å². The van der Waals surface area contributed by atoms with E-state index in [1.807, 2.05) is 6.07 Å². The summed E-state index contributed by atoms with van der Waals surface area (Å²) in [5.41, 5.74) is 1.65. The van der Waals surface area contributed by atoms with Crippen LogP contribution < -0.4 is 4.90 Å². The number of hydrogen-bond acceptors (Lipinski definition) is 4. The predicted octanol–water partition coefficient (Wildman–Crippen LogP) is 0.625. The van der Waals surface area contributed by atoms with Gasteiger partial charge < -0.3 is 9.64 Å². The summed E-state index contributed by atoms with van der Waals surface area (Å²) in [4.78, 5) is 23.8. The molecule has 0 unspecified atom stereocenters. The van der Waals surface area contributed by atoms with Gasteiger partial charge in [-0.15, -0.1) is 0 Å². The molecule has 0 saturated carbocycles. The molecule has 0 radical (unpaired) electrons. The zero-order chi connectivity index (χ0) is 15.7. The van der Waals surface area contributed by atoms with E-state index in [2.05, 4.69) is 0 Å². The molecular formula is C15H18N3O4+. The average Bonchev–Trinajstić information content (AvgIpc) is 2.85. The Bertz CT molecular complexity index is 732. The number of morpholine rings is 1. The molecule has 22 heavy (non-hydrogen) atoms. The van der Waals surface area contributed by atoms with E-state index >= 15 is 0 Å². The Balaban J connectivity index is 2.02. The lowest BCUT2D eigenvalue weighted by atomic mass is 10.2. The Kier molecular flexibility index (Phi) is 3.91. The van der Waals surface area contributed by atoms with E-state index in [0.717, 1.165) is 42.9 Å². The average molecular weight is 304 g/mol. The minimum absolute atomic E-state index is 0.0403. The molecule has 2 heterocycles. The van der Waals surface area contributed by atoms with Gasteiger partial charge in [0.25, 0.3) is 5.69 Å². The maximum atomic E-state index is 12.0. The highest BCUT2D eigenvalue weighted by molar-refractivity contribution is 5.93. The van der Waals surface area contributed by atoms with Crippen LogP contribution in [-0.2, 0) is 11.3 Å². The number of ether oxygens (including phenoxy) is 1. The van der Waals surface area contributed by atoms with Crippen LogP contribution in [0.1, 0.15) is 17.4 Å². The third-order valence-electron chi connectivity index (χ3n) is 4.02. The van der Waals surface area contributed by atoms with Gasteiger partial charge in [-0.05, 0) is 12.1 Å². The fourth-order valence-corrected chi connectivity index (χ4v) is 2.97. The standard InChI is InChI=1S/C15H17N3O4/c1-11(19)17-14(10-16-4-6-22-7-5-16)9-12-8-13(18(20)21)2-3-15(12)17/h2-3,8-9H,4-7,10H2,1H3/p+1. The number of hydrogen-bond donors (Lipinski definition) is 1. The largest absolute Gasteiger partial charge is 0.370 e. The molecule has 7 heteroatoms. The number of nitrogens with zero attached hydrogens (tertiary/aromatic N) is 2. The van der Waals surface area contributed by atoms with Crippen LogP contribution in [0.25, 0.3) is 10.9 Å². The van der Waals surface area contributed by atoms with Gasteiger partial charge in [-0.1, -0.05) is 0 Å². The second-order valence-electron chi connectivity index (χ2n) is 5.53. The van der Waals surface area contributed by atoms with Gasteiger partial charge in [0.2, 0.25) is 5.91 Å². The topological polar surface area (TPSA) is 78.8 Å². The van der Waals surface area contributed by atoms with Crippen LogP contribution in [0.5, 0.6) is 0 Å². The van der Waals surface area contributed by atoms with E-state index in [9.17, 15) is 14.9 Å². The van der Waals surface area contributed by atoms with Gasteiger partial charge >= 0.3 is 0 Å². The summed E-state index contributed by atoms with van der Waals surface area (Å²) in [6.45, 7) is 5.48. The number of fused-ring (bicyclic) bond motifs is 1. The van der Waals surface area contributed by atoms with Crippen LogP contribution in [0.2, 0.25) is 0 Å². The van der Waals surface area contributed by atoms with E-state index in [1.54, 1.807) is 10.6 Å². The number of nitrogens with one attached hydrogen (secondary N) is 1. The molecule has 1 aliphatic rings. The lowest BCUT2D eigenvalue weighted by Crippen LogP contribution is -3.12. The number of nitro benzene ring substituents is 1. The Morgan fingerprint density at radius 1 is 1.36 bits per heavy atom. The zero-order valence-electron chi connectivity index (χ0n) is 12.4. The Morgan fingerprint density at radius 2 is 2.09 bits per heavy atom. The molecule has 1 aliphatic heterocycles. The number of benzene rings is 1. The molecule has 0 atom stereocenters. The number of aromatic nitrogens is 1. The molecule has 1 saturated heterocycles. The zero-order valence-corrected chi connectivity index (χ0v) is 12.4. The van der Waals surface area contributed by atoms with Crippen molar-refractivity contribution in [1.29, 1.82) is 0 Å². The van der Waals surface area contributed by atoms with E-state index in [-0.39, 0.29) is 11.6 Å². The third kappa shape index (κ3) is 2.72. The monoisotopic (exact) mass is 304 g/mol. The highest BCUT2D eigenvalue weighted by Crippen LogP contribution is 2.24. The van der Waals surface area contributed by atoms with Gasteiger partial charge in [0.15, 0.2) is 0 Å². The summed E-state index contributed by atoms with van der Waals surface area (Å²) in [5.74, 6) is -0.0773. The fraction of sp³-hybridized carbons (Fsp3) is 0.400. The molecule has 0 bridgehead atoms. The van der Waals surface area contributed by atoms with Gasteiger partial charge in [-0.25, -0.2) is 0 Å². The van der Waals surface area contributed by atoms with Crippen LogP contribution >= 0.6 is 0 Å². The highest BCUT2D eigenvalue weighted by atomic mass is 16.6. The molecular weight excluding hydrogens is 286 g/mol. The number of carbonyl (C=O) groups excluding carboxylic acids is 1. The van der Waals surface area contributed by atoms with Crippen molar-refractivity contribution in [3.63, 3.8) is 0 Å². The smallest absolute Gasteiger partial charge is 0.270 e. The summed E-state index contributed by atoms with van der Waals surface area (Å²) < 4.78 is 7.00. The highest BCUT2D eigenvalue weighted by Gasteiger charge is 2.20. The first-order chi connectivity index (χ1) is 10.6. The van der Waals surface area contributed by atoms with Gasteiger partial charge in [0.05, 0.1) is 29.3 Å². The van der Waals surface area contributed by atoms with E-state index in [1.165, 1.54) is 24.0 Å². The maximum absolute atomic E-state index is 12.0. The van der Waals surface area contributed by atoms with E-state index in [4.69, 9.17) is 4.74 Å². The minimum atomic E-state index is -0.419. The fourth-order valence-electron chi connectivity index (χ4n) is 2.97. The molecule has 1 fully saturated rings. The molecule has 1 N–H and O–H groups in total. The third-order valence-corrected chi connectivity index (χ3v) is 4.02. The Hall–Kier alpha value is -2.25. The summed E-state index contributed by atoms with van der Waals surface area (Å²) >= 11 is 0. The van der Waals surface area contributed by atoms with Crippen molar-refractivity contribution in [1.82, 2.24) is 4.57 Å². The van der Waals surface area contributed by atoms with Crippen molar-refractivity contribution in [2.75, 3.05) is 26.3 Å². The summed E-state index contributed by atoms with van der Waals surface area (Å²) in [7, 11) is 0. The molecule has 3 rings (SSSR count). The maximum Gasteiger partial charge on any atom is 0.270 e. The second kappa shape index (κ2) is 5.86. The van der Waals surface area contributed by atoms with Crippen LogP contribution in [0.3, 0.4) is 0 Å². The molecule has 1 aromatic heterocycles. The summed E-state index contributed by atoms with van der Waals surface area (Å²) in [5, 5.41) is 11.6. The molecule has 2 aromatic rings. The molecule has 0 aliphatic carbocycles. The second-order valence-corrected chi connectivity index (χ2v) is 5.53. The van der Waals surface area contributed by atoms with Crippen molar-refractivity contribution in [2.45, 2.75) is 13.5 Å². The first kappa shape index (κ1) is 14.7. The predicted molar refractivity (Wildman–Crippen MR) is 80.1 cm³/mol. The quantitative estimate of drug-likeness (QED) is 0.666. The van der Waals surface area contributed by atoms with Crippen molar-refractivity contribution in [3.8, 4) is 0 Å². The van der Waals surface area contributed by atoms with E-state index in [0.29, 0.717) is 6.54 Å². The normalized spacial score (nSPS) is 16.0. The van der Waals surface area contributed by atoms with Crippen molar-refractivity contribution >= 4 is 22.5 Å². The molecule has 116 valence electrons. The lowest BCUT2D eigenvalue weighted by Gasteiger charge is -2.23. The summed E-state index contributed by atoms with van der Waals surface area (Å²) in [6.07, 6.45) is 0. The minimum Gasteiger partial charge on any atom is -0.370 e.